The second kappa shape index (κ2) is 13.0. The number of sulfonamides is 2. The Balaban J connectivity index is 1.28. The predicted molar refractivity (Wildman–Crippen MR) is 185 cm³/mol. The maximum absolute atomic E-state index is 15.8. The molecule has 0 spiro atoms. The quantitative estimate of drug-likeness (QED) is 0.163. The highest BCUT2D eigenvalue weighted by molar-refractivity contribution is 7.92. The molecule has 1 aliphatic heterocycles. The van der Waals surface area contributed by atoms with E-state index in [0.717, 1.165) is 18.5 Å². The lowest BCUT2D eigenvalue weighted by molar-refractivity contribution is 0.108. The number of piperidine rings is 1. The number of nitrogens with zero attached hydrogens (tertiary/aromatic N) is 5. The summed E-state index contributed by atoms with van der Waals surface area (Å²) in [7, 11) is -8.46. The van der Waals surface area contributed by atoms with E-state index in [4.69, 9.17) is 23.2 Å². The number of pyridine rings is 1. The third-order valence-electron chi connectivity index (χ3n) is 8.15. The number of halogens is 4. The Morgan fingerprint density at radius 2 is 1.72 bits per heavy atom. The van der Waals surface area contributed by atoms with E-state index in [2.05, 4.69) is 25.0 Å². The van der Waals surface area contributed by atoms with Gasteiger partial charge in [0.25, 0.3) is 10.0 Å². The second-order valence-corrected chi connectivity index (χ2v) is 15.7. The zero-order chi connectivity index (χ0) is 35.4. The van der Waals surface area contributed by atoms with Gasteiger partial charge in [0, 0.05) is 24.7 Å². The molecule has 1 aliphatic rings. The van der Waals surface area contributed by atoms with Crippen molar-refractivity contribution in [1.29, 1.82) is 0 Å². The molecule has 1 saturated heterocycles. The van der Waals surface area contributed by atoms with Crippen molar-refractivity contribution in [3.05, 3.63) is 101 Å². The van der Waals surface area contributed by atoms with Crippen LogP contribution in [0.4, 0.5) is 26.0 Å². The van der Waals surface area contributed by atoms with Gasteiger partial charge in [-0.1, -0.05) is 47.5 Å². The number of aliphatic hydroxyl groups is 1. The number of aromatic nitrogens is 4. The van der Waals surface area contributed by atoms with Crippen LogP contribution in [-0.2, 0) is 20.0 Å². The highest BCUT2D eigenvalue weighted by atomic mass is 35.5. The number of nitrogens with one attached hydrogen (secondary N) is 2. The van der Waals surface area contributed by atoms with E-state index < -0.39 is 54.1 Å². The molecule has 1 fully saturated rings. The third kappa shape index (κ3) is 6.12. The Bertz CT molecular complexity index is 2540. The Labute approximate surface area is 294 Å². The summed E-state index contributed by atoms with van der Waals surface area (Å²) in [6.45, 7) is 0.246. The molecule has 1 atom stereocenters. The average molecular weight is 761 g/mol. The van der Waals surface area contributed by atoms with Gasteiger partial charge in [0.2, 0.25) is 10.0 Å². The number of para-hydroxylation sites is 1. The molecule has 7 rings (SSSR count). The number of rotatable bonds is 8. The van der Waals surface area contributed by atoms with Crippen LogP contribution in [0.25, 0.3) is 27.8 Å². The van der Waals surface area contributed by atoms with Gasteiger partial charge in [0.15, 0.2) is 11.6 Å². The first-order valence-electron chi connectivity index (χ1n) is 15.0. The fourth-order valence-corrected chi connectivity index (χ4v) is 9.26. The highest BCUT2D eigenvalue weighted by Crippen LogP contribution is 2.35. The summed E-state index contributed by atoms with van der Waals surface area (Å²) < 4.78 is 89.6. The molecule has 3 aromatic carbocycles. The van der Waals surface area contributed by atoms with Crippen molar-refractivity contribution >= 4 is 82.4 Å². The van der Waals surface area contributed by atoms with E-state index in [9.17, 15) is 21.9 Å². The van der Waals surface area contributed by atoms with Crippen LogP contribution in [0.1, 0.15) is 12.8 Å². The lowest BCUT2D eigenvalue weighted by Gasteiger charge is -2.28. The van der Waals surface area contributed by atoms with Gasteiger partial charge >= 0.3 is 0 Å². The maximum atomic E-state index is 15.8. The summed E-state index contributed by atoms with van der Waals surface area (Å²) in [5.74, 6) is -2.24. The van der Waals surface area contributed by atoms with E-state index in [1.165, 1.54) is 28.7 Å². The molecule has 0 aliphatic carbocycles. The van der Waals surface area contributed by atoms with Gasteiger partial charge in [-0.25, -0.2) is 40.6 Å². The van der Waals surface area contributed by atoms with Crippen molar-refractivity contribution in [1.82, 2.24) is 23.8 Å². The van der Waals surface area contributed by atoms with Crippen LogP contribution in [0.3, 0.4) is 0 Å². The first-order chi connectivity index (χ1) is 23.8. The molecule has 4 heterocycles. The van der Waals surface area contributed by atoms with Crippen LogP contribution in [0, 0.1) is 11.6 Å². The summed E-state index contributed by atoms with van der Waals surface area (Å²) >= 11 is 12.0. The second-order valence-electron chi connectivity index (χ2n) is 11.4. The van der Waals surface area contributed by atoms with E-state index in [0.29, 0.717) is 23.7 Å². The first kappa shape index (κ1) is 34.0. The standard InChI is InChI=1S/C32H25Cl2F2N7O5S2/c33-20-7-3-9-25(28(20)34)49(45,46)41-22-11-10-21(35)30(29(22)36)40-32-31-23(37-17-38-32)12-13-27(39-31)43-16-26(19-6-1-2-8-24(19)43)50(47,48)42-14-4-5-18(44)15-42/h1-3,6-13,16-18,41,44H,4-5,14-15H2,(H,37,38,40)/t18-/m0/s1. The number of hydrogen-bond donors (Lipinski definition) is 3. The van der Waals surface area contributed by atoms with Crippen LogP contribution in [-0.4, -0.2) is 65.0 Å². The summed E-state index contributed by atoms with van der Waals surface area (Å²) in [6, 6.07) is 15.7. The minimum absolute atomic E-state index is 0.0213. The molecule has 0 amide bonds. The maximum Gasteiger partial charge on any atom is 0.263 e. The topological polar surface area (TPSA) is 159 Å². The SMILES string of the molecule is O=S(=O)(Nc1ccc(F)c(Nc2ncnc3ccc(-n4cc(S(=O)(=O)N5CCC[C@H](O)C5)c5ccccc54)nc23)c1F)c1cccc(Cl)c1Cl. The van der Waals surface area contributed by atoms with Gasteiger partial charge in [0.1, 0.15) is 39.0 Å². The van der Waals surface area contributed by atoms with E-state index in [1.54, 1.807) is 41.0 Å². The number of fused-ring (bicyclic) bond motifs is 2. The Morgan fingerprint density at radius 1 is 0.920 bits per heavy atom. The van der Waals surface area contributed by atoms with Crippen LogP contribution in [0.2, 0.25) is 10.0 Å². The lowest BCUT2D eigenvalue weighted by atomic mass is 10.1. The van der Waals surface area contributed by atoms with Crippen molar-refractivity contribution in [2.45, 2.75) is 28.7 Å². The van der Waals surface area contributed by atoms with Crippen LogP contribution < -0.4 is 10.0 Å². The van der Waals surface area contributed by atoms with Crippen LogP contribution >= 0.6 is 23.2 Å². The molecule has 12 nitrogen and oxygen atoms in total. The Hall–Kier alpha value is -4.45. The molecule has 18 heteroatoms. The predicted octanol–water partition coefficient (Wildman–Crippen LogP) is 6.24. The van der Waals surface area contributed by atoms with Gasteiger partial charge < -0.3 is 10.4 Å². The van der Waals surface area contributed by atoms with Gasteiger partial charge in [-0.2, -0.15) is 4.31 Å². The molecular formula is C32H25Cl2F2N7O5S2. The van der Waals surface area contributed by atoms with Crippen LogP contribution in [0.15, 0.2) is 89.0 Å². The molecule has 3 aromatic heterocycles. The van der Waals surface area contributed by atoms with Crippen molar-refractivity contribution < 1.29 is 30.7 Å². The van der Waals surface area contributed by atoms with E-state index in [1.807, 2.05) is 0 Å². The summed E-state index contributed by atoms with van der Waals surface area (Å²) in [6.07, 6.45) is 2.86. The molecule has 6 aromatic rings. The van der Waals surface area contributed by atoms with Crippen molar-refractivity contribution in [2.24, 2.45) is 0 Å². The zero-order valence-electron chi connectivity index (χ0n) is 25.6. The number of β-amino-alcohol motifs (C(OH)–C–C–N with tert-alkyl or cyclic N) is 1. The zero-order valence-corrected chi connectivity index (χ0v) is 28.7. The minimum atomic E-state index is -4.45. The minimum Gasteiger partial charge on any atom is -0.392 e. The molecule has 0 radical (unpaired) electrons. The van der Waals surface area contributed by atoms with Crippen LogP contribution in [0.5, 0.6) is 0 Å². The molecule has 0 unspecified atom stereocenters. The summed E-state index contributed by atoms with van der Waals surface area (Å²) in [4.78, 5) is 12.6. The number of aliphatic hydroxyl groups excluding tert-OH is 1. The molecule has 0 bridgehead atoms. The van der Waals surface area contributed by atoms with Gasteiger partial charge in [-0.3, -0.25) is 9.29 Å². The first-order valence-corrected chi connectivity index (χ1v) is 18.7. The van der Waals surface area contributed by atoms with Crippen molar-refractivity contribution in [2.75, 3.05) is 23.1 Å². The summed E-state index contributed by atoms with van der Waals surface area (Å²) in [5, 5.41) is 12.9. The Morgan fingerprint density at radius 3 is 2.52 bits per heavy atom. The molecular weight excluding hydrogens is 735 g/mol. The normalized spacial score (nSPS) is 15.8. The van der Waals surface area contributed by atoms with E-state index in [-0.39, 0.29) is 50.7 Å². The smallest absolute Gasteiger partial charge is 0.263 e. The van der Waals surface area contributed by atoms with E-state index >= 15 is 8.78 Å². The van der Waals surface area contributed by atoms with Gasteiger partial charge in [-0.05, 0) is 55.3 Å². The fraction of sp³-hybridized carbons (Fsp3) is 0.156. The number of benzene rings is 3. The van der Waals surface area contributed by atoms with Crippen molar-refractivity contribution in [3.8, 4) is 5.82 Å². The Kier molecular flexibility index (Phi) is 8.86. The molecule has 3 N–H and O–H groups in total. The largest absolute Gasteiger partial charge is 0.392 e. The molecule has 0 saturated carbocycles. The van der Waals surface area contributed by atoms with Crippen molar-refractivity contribution in [3.63, 3.8) is 0 Å². The average Bonchev–Trinajstić information content (AvgIpc) is 3.49. The number of hydrogen-bond acceptors (Lipinski definition) is 9. The van der Waals surface area contributed by atoms with Gasteiger partial charge in [-0.15, -0.1) is 0 Å². The lowest BCUT2D eigenvalue weighted by Crippen LogP contribution is -2.42. The molecule has 258 valence electrons. The fourth-order valence-electron chi connectivity index (χ4n) is 5.73. The monoisotopic (exact) mass is 759 g/mol. The number of anilines is 3. The third-order valence-corrected chi connectivity index (χ3v) is 12.4. The highest BCUT2D eigenvalue weighted by Gasteiger charge is 2.32. The summed E-state index contributed by atoms with van der Waals surface area (Å²) in [5.41, 5.74) is -0.462. The molecule has 50 heavy (non-hydrogen) atoms. The van der Waals surface area contributed by atoms with Gasteiger partial charge in [0.05, 0.1) is 32.9 Å².